The average molecular weight is 262 g/mol. The number of nitrogens with zero attached hydrogens (tertiary/aromatic N) is 1. The van der Waals surface area contributed by atoms with Gasteiger partial charge in [0.15, 0.2) is 0 Å². The van der Waals surface area contributed by atoms with E-state index in [1.807, 2.05) is 6.07 Å². The number of benzene rings is 1. The zero-order valence-corrected chi connectivity index (χ0v) is 11.4. The highest BCUT2D eigenvalue weighted by molar-refractivity contribution is 5.86. The molecule has 2 rings (SSSR count). The molecule has 0 aromatic heterocycles. The van der Waals surface area contributed by atoms with Crippen LogP contribution in [0.5, 0.6) is 5.75 Å². The van der Waals surface area contributed by atoms with Gasteiger partial charge in [0.05, 0.1) is 5.54 Å². The summed E-state index contributed by atoms with van der Waals surface area (Å²) in [6, 6.07) is 6.97. The maximum Gasteiger partial charge on any atom is 0.242 e. The zero-order chi connectivity index (χ0) is 13.9. The van der Waals surface area contributed by atoms with E-state index in [2.05, 4.69) is 0 Å². The van der Waals surface area contributed by atoms with Gasteiger partial charge in [-0.3, -0.25) is 4.79 Å². The largest absolute Gasteiger partial charge is 0.508 e. The number of phenolic OH excluding ortho intramolecular Hbond substituents is 1. The fourth-order valence-corrected chi connectivity index (χ4v) is 2.78. The third kappa shape index (κ3) is 3.26. The number of nitrogens with two attached hydrogens (primary N) is 1. The summed E-state index contributed by atoms with van der Waals surface area (Å²) in [7, 11) is 1.77. The molecule has 0 aliphatic heterocycles. The highest BCUT2D eigenvalue weighted by atomic mass is 16.3. The van der Waals surface area contributed by atoms with Gasteiger partial charge in [0.1, 0.15) is 5.75 Å². The van der Waals surface area contributed by atoms with E-state index in [-0.39, 0.29) is 11.7 Å². The van der Waals surface area contributed by atoms with Gasteiger partial charge in [0.2, 0.25) is 5.91 Å². The number of aromatic hydroxyl groups is 1. The van der Waals surface area contributed by atoms with Crippen LogP contribution in [0.3, 0.4) is 0 Å². The highest BCUT2D eigenvalue weighted by Gasteiger charge is 2.37. The predicted molar refractivity (Wildman–Crippen MR) is 74.6 cm³/mol. The van der Waals surface area contributed by atoms with Crippen LogP contribution in [0.4, 0.5) is 0 Å². The van der Waals surface area contributed by atoms with Crippen LogP contribution in [0.15, 0.2) is 24.3 Å². The lowest BCUT2D eigenvalue weighted by atomic mass is 9.81. The Balaban J connectivity index is 2.03. The minimum absolute atomic E-state index is 0.00976. The number of carbonyl (C=O) groups excluding carboxylic acids is 1. The molecular formula is C15H22N2O2. The van der Waals surface area contributed by atoms with Crippen molar-refractivity contribution in [3.8, 4) is 5.75 Å². The minimum atomic E-state index is -0.691. The summed E-state index contributed by atoms with van der Waals surface area (Å²) < 4.78 is 0. The van der Waals surface area contributed by atoms with Crippen LogP contribution in [0, 0.1) is 0 Å². The van der Waals surface area contributed by atoms with Crippen molar-refractivity contribution in [2.24, 2.45) is 5.73 Å². The lowest BCUT2D eigenvalue weighted by Crippen LogP contribution is -2.55. The second-order valence-electron chi connectivity index (χ2n) is 5.55. The van der Waals surface area contributed by atoms with Gasteiger partial charge < -0.3 is 15.7 Å². The Bertz CT molecular complexity index is 453. The highest BCUT2D eigenvalue weighted by Crippen LogP contribution is 2.28. The van der Waals surface area contributed by atoms with E-state index in [9.17, 15) is 9.90 Å². The first kappa shape index (κ1) is 13.9. The summed E-state index contributed by atoms with van der Waals surface area (Å²) in [5.41, 5.74) is 6.47. The SMILES string of the molecule is CN(Cc1cccc(O)c1)C(=O)C1(N)CCCCC1. The molecule has 1 fully saturated rings. The summed E-state index contributed by atoms with van der Waals surface area (Å²) in [6.45, 7) is 0.478. The molecule has 0 bridgehead atoms. The van der Waals surface area contributed by atoms with E-state index in [4.69, 9.17) is 5.73 Å². The average Bonchev–Trinajstić information content (AvgIpc) is 2.38. The van der Waals surface area contributed by atoms with Gasteiger partial charge in [-0.15, -0.1) is 0 Å². The zero-order valence-electron chi connectivity index (χ0n) is 11.4. The number of hydrogen-bond acceptors (Lipinski definition) is 3. The predicted octanol–water partition coefficient (Wildman–Crippen LogP) is 2.01. The quantitative estimate of drug-likeness (QED) is 0.875. The molecule has 1 aromatic carbocycles. The van der Waals surface area contributed by atoms with E-state index in [0.717, 1.165) is 31.2 Å². The molecule has 0 unspecified atom stereocenters. The molecule has 0 spiro atoms. The van der Waals surface area contributed by atoms with E-state index in [1.165, 1.54) is 6.42 Å². The molecule has 1 aromatic rings. The lowest BCUT2D eigenvalue weighted by molar-refractivity contribution is -0.137. The van der Waals surface area contributed by atoms with E-state index >= 15 is 0 Å². The smallest absolute Gasteiger partial charge is 0.242 e. The van der Waals surface area contributed by atoms with E-state index in [1.54, 1.807) is 30.1 Å². The standard InChI is InChI=1S/C15H22N2O2/c1-17(11-12-6-5-7-13(18)10-12)14(19)15(16)8-3-2-4-9-15/h5-7,10,18H,2-4,8-9,11,16H2,1H3. The van der Waals surface area contributed by atoms with Gasteiger partial charge in [-0.05, 0) is 30.5 Å². The van der Waals surface area contributed by atoms with Crippen LogP contribution in [-0.4, -0.2) is 28.5 Å². The monoisotopic (exact) mass is 262 g/mol. The second kappa shape index (κ2) is 5.61. The third-order valence-electron chi connectivity index (χ3n) is 3.85. The first-order valence-corrected chi connectivity index (χ1v) is 6.84. The Hall–Kier alpha value is -1.55. The van der Waals surface area contributed by atoms with Crippen molar-refractivity contribution in [3.63, 3.8) is 0 Å². The summed E-state index contributed by atoms with van der Waals surface area (Å²) >= 11 is 0. The molecule has 0 heterocycles. The summed E-state index contributed by atoms with van der Waals surface area (Å²) in [5, 5.41) is 9.44. The molecule has 0 radical (unpaired) electrons. The van der Waals surface area contributed by atoms with Crippen molar-refractivity contribution in [3.05, 3.63) is 29.8 Å². The number of likely N-dealkylation sites (N-methyl/N-ethyl adjacent to an activating group) is 1. The van der Waals surface area contributed by atoms with Crippen LogP contribution in [0.2, 0.25) is 0 Å². The lowest BCUT2D eigenvalue weighted by Gasteiger charge is -2.35. The van der Waals surface area contributed by atoms with E-state index in [0.29, 0.717) is 6.54 Å². The molecule has 3 N–H and O–H groups in total. The van der Waals surface area contributed by atoms with Crippen LogP contribution >= 0.6 is 0 Å². The molecular weight excluding hydrogens is 240 g/mol. The normalized spacial score (nSPS) is 18.0. The number of rotatable bonds is 3. The number of phenols is 1. The van der Waals surface area contributed by atoms with Crippen molar-refractivity contribution < 1.29 is 9.90 Å². The Morgan fingerprint density at radius 1 is 1.37 bits per heavy atom. The second-order valence-corrected chi connectivity index (χ2v) is 5.55. The van der Waals surface area contributed by atoms with Crippen molar-refractivity contribution in [1.82, 2.24) is 4.90 Å². The van der Waals surface area contributed by atoms with Gasteiger partial charge in [-0.1, -0.05) is 31.4 Å². The Morgan fingerprint density at radius 2 is 2.05 bits per heavy atom. The fraction of sp³-hybridized carbons (Fsp3) is 0.533. The number of hydrogen-bond donors (Lipinski definition) is 2. The molecule has 4 heteroatoms. The van der Waals surface area contributed by atoms with Gasteiger partial charge in [0.25, 0.3) is 0 Å². The van der Waals surface area contributed by atoms with Crippen LogP contribution < -0.4 is 5.73 Å². The van der Waals surface area contributed by atoms with Gasteiger partial charge in [-0.25, -0.2) is 0 Å². The first-order chi connectivity index (χ1) is 9.01. The Labute approximate surface area is 114 Å². The minimum Gasteiger partial charge on any atom is -0.508 e. The molecule has 1 amide bonds. The van der Waals surface area contributed by atoms with Crippen LogP contribution in [0.25, 0.3) is 0 Å². The number of carbonyl (C=O) groups is 1. The molecule has 1 saturated carbocycles. The van der Waals surface area contributed by atoms with Gasteiger partial charge in [-0.2, -0.15) is 0 Å². The molecule has 4 nitrogen and oxygen atoms in total. The first-order valence-electron chi connectivity index (χ1n) is 6.84. The maximum atomic E-state index is 12.4. The van der Waals surface area contributed by atoms with Gasteiger partial charge >= 0.3 is 0 Å². The maximum absolute atomic E-state index is 12.4. The third-order valence-corrected chi connectivity index (χ3v) is 3.85. The van der Waals surface area contributed by atoms with Crippen molar-refractivity contribution >= 4 is 5.91 Å². The molecule has 19 heavy (non-hydrogen) atoms. The van der Waals surface area contributed by atoms with Crippen LogP contribution in [-0.2, 0) is 11.3 Å². The summed E-state index contributed by atoms with van der Waals surface area (Å²) in [5.74, 6) is 0.231. The Kier molecular flexibility index (Phi) is 4.10. The molecule has 0 atom stereocenters. The fourth-order valence-electron chi connectivity index (χ4n) is 2.78. The molecule has 0 saturated heterocycles. The summed E-state index contributed by atoms with van der Waals surface area (Å²) in [4.78, 5) is 14.1. The van der Waals surface area contributed by atoms with Gasteiger partial charge in [0, 0.05) is 13.6 Å². The van der Waals surface area contributed by atoms with Crippen molar-refractivity contribution in [2.45, 2.75) is 44.2 Å². The van der Waals surface area contributed by atoms with E-state index < -0.39 is 5.54 Å². The number of amides is 1. The summed E-state index contributed by atoms with van der Waals surface area (Å²) in [6.07, 6.45) is 4.78. The van der Waals surface area contributed by atoms with Crippen molar-refractivity contribution in [2.75, 3.05) is 7.05 Å². The molecule has 104 valence electrons. The van der Waals surface area contributed by atoms with Crippen LogP contribution in [0.1, 0.15) is 37.7 Å². The topological polar surface area (TPSA) is 66.6 Å². The molecule has 1 aliphatic rings. The molecule has 1 aliphatic carbocycles. The Morgan fingerprint density at radius 3 is 2.68 bits per heavy atom. The van der Waals surface area contributed by atoms with Crippen molar-refractivity contribution in [1.29, 1.82) is 0 Å².